The first-order valence-electron chi connectivity index (χ1n) is 7.29. The fourth-order valence-corrected chi connectivity index (χ4v) is 6.35. The van der Waals surface area contributed by atoms with Gasteiger partial charge in [-0.3, -0.25) is 0 Å². The monoisotopic (exact) mass is 315 g/mol. The summed E-state index contributed by atoms with van der Waals surface area (Å²) >= 11 is 1.21. The van der Waals surface area contributed by atoms with Gasteiger partial charge in [-0.05, 0) is 41.7 Å². The lowest BCUT2D eigenvalue weighted by Crippen LogP contribution is -2.44. The summed E-state index contributed by atoms with van der Waals surface area (Å²) in [6, 6.07) is 1.60. The van der Waals surface area contributed by atoms with Crippen LogP contribution in [0.3, 0.4) is 0 Å². The Morgan fingerprint density at radius 2 is 2.00 bits per heavy atom. The molecule has 1 saturated carbocycles. The summed E-state index contributed by atoms with van der Waals surface area (Å²) in [5.41, 5.74) is 0.682. The highest BCUT2D eigenvalue weighted by Gasteiger charge is 2.36. The van der Waals surface area contributed by atoms with E-state index < -0.39 is 10.0 Å². The lowest BCUT2D eigenvalue weighted by Gasteiger charge is -2.40. The van der Waals surface area contributed by atoms with Crippen LogP contribution in [0.1, 0.15) is 37.7 Å². The fourth-order valence-electron chi connectivity index (χ4n) is 3.48. The SMILES string of the molecule is O=S(=O)(c1cc(CO)cs1)N1CCC2CCCCC2C1. The molecular formula is C14H21NO3S2. The average Bonchev–Trinajstić information content (AvgIpc) is 2.96. The number of aliphatic hydroxyl groups excluding tert-OH is 1. The van der Waals surface area contributed by atoms with E-state index in [1.807, 2.05) is 0 Å². The average molecular weight is 315 g/mol. The molecule has 2 heterocycles. The predicted molar refractivity (Wildman–Crippen MR) is 79.1 cm³/mol. The van der Waals surface area contributed by atoms with Crippen molar-refractivity contribution in [3.63, 3.8) is 0 Å². The summed E-state index contributed by atoms with van der Waals surface area (Å²) < 4.78 is 27.3. The van der Waals surface area contributed by atoms with Crippen LogP contribution in [-0.4, -0.2) is 30.9 Å². The van der Waals surface area contributed by atoms with Gasteiger partial charge in [0.2, 0.25) is 0 Å². The zero-order valence-corrected chi connectivity index (χ0v) is 13.1. The molecule has 4 nitrogen and oxygen atoms in total. The summed E-state index contributed by atoms with van der Waals surface area (Å²) in [4.78, 5) is 0. The Morgan fingerprint density at radius 3 is 2.70 bits per heavy atom. The minimum Gasteiger partial charge on any atom is -0.392 e. The van der Waals surface area contributed by atoms with Crippen LogP contribution in [0.4, 0.5) is 0 Å². The first-order valence-corrected chi connectivity index (χ1v) is 9.61. The van der Waals surface area contributed by atoms with Crippen molar-refractivity contribution in [3.8, 4) is 0 Å². The maximum Gasteiger partial charge on any atom is 0.252 e. The fraction of sp³-hybridized carbons (Fsp3) is 0.714. The summed E-state index contributed by atoms with van der Waals surface area (Å²) in [6.07, 6.45) is 5.98. The molecule has 1 aliphatic carbocycles. The van der Waals surface area contributed by atoms with Gasteiger partial charge in [0.25, 0.3) is 10.0 Å². The number of fused-ring (bicyclic) bond motifs is 1. The molecule has 1 aromatic heterocycles. The number of hydrogen-bond donors (Lipinski definition) is 1. The van der Waals surface area contributed by atoms with Crippen LogP contribution in [-0.2, 0) is 16.6 Å². The maximum absolute atomic E-state index is 12.6. The van der Waals surface area contributed by atoms with E-state index in [1.165, 1.54) is 37.0 Å². The number of aliphatic hydroxyl groups is 1. The minimum absolute atomic E-state index is 0.100. The second-order valence-corrected chi connectivity index (χ2v) is 8.96. The Balaban J connectivity index is 1.77. The molecule has 1 N–H and O–H groups in total. The molecule has 2 atom stereocenters. The van der Waals surface area contributed by atoms with Crippen molar-refractivity contribution in [2.45, 2.75) is 42.9 Å². The molecule has 0 radical (unpaired) electrons. The molecule has 0 aromatic carbocycles. The Morgan fingerprint density at radius 1 is 1.25 bits per heavy atom. The third-order valence-electron chi connectivity index (χ3n) is 4.66. The second kappa shape index (κ2) is 5.75. The lowest BCUT2D eigenvalue weighted by molar-refractivity contribution is 0.136. The summed E-state index contributed by atoms with van der Waals surface area (Å²) in [5.74, 6) is 1.27. The molecule has 1 saturated heterocycles. The van der Waals surface area contributed by atoms with Crippen LogP contribution in [0.2, 0.25) is 0 Å². The molecule has 1 aromatic rings. The van der Waals surface area contributed by atoms with Crippen LogP contribution in [0.15, 0.2) is 15.7 Å². The summed E-state index contributed by atoms with van der Waals surface area (Å²) in [5, 5.41) is 10.8. The maximum atomic E-state index is 12.6. The standard InChI is InChI=1S/C14H21NO3S2/c16-9-11-7-14(19-10-11)20(17,18)15-6-5-12-3-1-2-4-13(12)8-15/h7,10,12-13,16H,1-6,8-9H2. The van der Waals surface area contributed by atoms with Crippen molar-refractivity contribution in [2.24, 2.45) is 11.8 Å². The number of rotatable bonds is 3. The third-order valence-corrected chi connectivity index (χ3v) is 7.99. The van der Waals surface area contributed by atoms with Crippen LogP contribution < -0.4 is 0 Å². The minimum atomic E-state index is -3.36. The van der Waals surface area contributed by atoms with E-state index in [2.05, 4.69) is 0 Å². The number of piperidine rings is 1. The molecule has 6 heteroatoms. The van der Waals surface area contributed by atoms with Gasteiger partial charge < -0.3 is 5.11 Å². The number of thiophene rings is 1. The van der Waals surface area contributed by atoms with E-state index in [-0.39, 0.29) is 6.61 Å². The molecule has 0 bridgehead atoms. The van der Waals surface area contributed by atoms with E-state index >= 15 is 0 Å². The van der Waals surface area contributed by atoms with Crippen molar-refractivity contribution in [1.29, 1.82) is 0 Å². The van der Waals surface area contributed by atoms with Crippen molar-refractivity contribution >= 4 is 21.4 Å². The smallest absolute Gasteiger partial charge is 0.252 e. The zero-order valence-electron chi connectivity index (χ0n) is 11.5. The van der Waals surface area contributed by atoms with Gasteiger partial charge in [-0.2, -0.15) is 4.31 Å². The van der Waals surface area contributed by atoms with Gasteiger partial charge in [-0.25, -0.2) is 8.42 Å². The van der Waals surface area contributed by atoms with E-state index in [0.29, 0.717) is 28.8 Å². The second-order valence-electron chi connectivity index (χ2n) is 5.89. The van der Waals surface area contributed by atoms with Gasteiger partial charge in [-0.1, -0.05) is 19.3 Å². The largest absolute Gasteiger partial charge is 0.392 e. The zero-order chi connectivity index (χ0) is 14.2. The van der Waals surface area contributed by atoms with Crippen molar-refractivity contribution in [2.75, 3.05) is 13.1 Å². The quantitative estimate of drug-likeness (QED) is 0.932. The molecule has 0 amide bonds. The number of hydrogen-bond acceptors (Lipinski definition) is 4. The van der Waals surface area contributed by atoms with Gasteiger partial charge in [0, 0.05) is 13.1 Å². The molecule has 112 valence electrons. The highest BCUT2D eigenvalue weighted by molar-refractivity contribution is 7.91. The topological polar surface area (TPSA) is 57.6 Å². The molecule has 2 unspecified atom stereocenters. The van der Waals surface area contributed by atoms with Gasteiger partial charge in [0.15, 0.2) is 0 Å². The highest BCUT2D eigenvalue weighted by Crippen LogP contribution is 2.38. The first-order chi connectivity index (χ1) is 9.61. The van der Waals surface area contributed by atoms with Crippen LogP contribution in [0.5, 0.6) is 0 Å². The van der Waals surface area contributed by atoms with Crippen molar-refractivity contribution in [1.82, 2.24) is 4.31 Å². The van der Waals surface area contributed by atoms with Gasteiger partial charge >= 0.3 is 0 Å². The van der Waals surface area contributed by atoms with E-state index in [1.54, 1.807) is 15.8 Å². The normalized spacial score (nSPS) is 28.2. The van der Waals surface area contributed by atoms with Crippen molar-refractivity contribution < 1.29 is 13.5 Å². The molecule has 0 spiro atoms. The van der Waals surface area contributed by atoms with Crippen LogP contribution >= 0.6 is 11.3 Å². The Labute approximate surface area is 124 Å². The molecule has 3 rings (SSSR count). The van der Waals surface area contributed by atoms with E-state index in [9.17, 15) is 8.42 Å². The van der Waals surface area contributed by atoms with Gasteiger partial charge in [0.05, 0.1) is 6.61 Å². The molecule has 20 heavy (non-hydrogen) atoms. The van der Waals surface area contributed by atoms with Crippen LogP contribution in [0.25, 0.3) is 0 Å². The lowest BCUT2D eigenvalue weighted by atomic mass is 9.76. The molecule has 1 aliphatic heterocycles. The Bertz CT molecular complexity index is 567. The van der Waals surface area contributed by atoms with E-state index in [4.69, 9.17) is 5.11 Å². The third kappa shape index (κ3) is 2.66. The first kappa shape index (κ1) is 14.5. The number of sulfonamides is 1. The van der Waals surface area contributed by atoms with E-state index in [0.717, 1.165) is 12.3 Å². The highest BCUT2D eigenvalue weighted by atomic mass is 32.2. The molecule has 2 fully saturated rings. The summed E-state index contributed by atoms with van der Waals surface area (Å²) in [7, 11) is -3.36. The predicted octanol–water partition coefficient (Wildman–Crippen LogP) is 2.44. The molecule has 2 aliphatic rings. The Hall–Kier alpha value is -0.430. The Kier molecular flexibility index (Phi) is 4.17. The van der Waals surface area contributed by atoms with Crippen molar-refractivity contribution in [3.05, 3.63) is 17.0 Å². The summed E-state index contributed by atoms with van der Waals surface area (Å²) in [6.45, 7) is 1.23. The van der Waals surface area contributed by atoms with Gasteiger partial charge in [-0.15, -0.1) is 11.3 Å². The number of nitrogens with zero attached hydrogens (tertiary/aromatic N) is 1. The molecular weight excluding hydrogens is 294 g/mol. The van der Waals surface area contributed by atoms with Gasteiger partial charge in [0.1, 0.15) is 4.21 Å². The van der Waals surface area contributed by atoms with Crippen LogP contribution in [0, 0.1) is 11.8 Å².